The summed E-state index contributed by atoms with van der Waals surface area (Å²) in [6, 6.07) is 0. The number of phosphoric acid groups is 1. The second-order valence-electron chi connectivity index (χ2n) is 7.91. The Hall–Kier alpha value is -1.52. The maximum Gasteiger partial charge on any atom is 0.479 e. The fourth-order valence-electron chi connectivity index (χ4n) is 3.33. The number of hydrogen-bond donors (Lipinski definition) is 8. The smallest absolute Gasteiger partial charge is 0.387 e. The SMILES string of the molecule is CCCCNP(=O)(O)CP(=O)(O)OP(=O)(O)OCC1OC(n2cnc3c(=O)[nH]c(N)nc32)C(O)C1O. The summed E-state index contributed by atoms with van der Waals surface area (Å²) in [6.45, 7) is 0.985. The van der Waals surface area contributed by atoms with E-state index in [1.807, 2.05) is 6.92 Å². The van der Waals surface area contributed by atoms with Crippen molar-refractivity contribution >= 4 is 40.1 Å². The number of aromatic amines is 1. The Kier molecular flexibility index (Phi) is 8.93. The lowest BCUT2D eigenvalue weighted by Gasteiger charge is -2.21. The Morgan fingerprint density at radius 2 is 1.94 bits per heavy atom. The molecule has 2 aromatic rings. The molecule has 7 unspecified atom stereocenters. The van der Waals surface area contributed by atoms with Crippen LogP contribution in [0, 0.1) is 0 Å². The summed E-state index contributed by atoms with van der Waals surface area (Å²) < 4.78 is 51.8. The number of ether oxygens (including phenoxy) is 1. The second kappa shape index (κ2) is 11.1. The molecule has 0 radical (unpaired) electrons. The molecule has 1 aliphatic rings. The zero-order valence-corrected chi connectivity index (χ0v) is 21.5. The third kappa shape index (κ3) is 7.07. The quantitative estimate of drug-likeness (QED) is 0.113. The number of unbranched alkanes of at least 4 members (excludes halogenated alkanes) is 1. The Balaban J connectivity index is 1.65. The van der Waals surface area contributed by atoms with E-state index in [1.54, 1.807) is 0 Å². The van der Waals surface area contributed by atoms with E-state index in [-0.39, 0.29) is 23.7 Å². The summed E-state index contributed by atoms with van der Waals surface area (Å²) in [5, 5.41) is 22.9. The van der Waals surface area contributed by atoms with Crippen molar-refractivity contribution in [3.63, 3.8) is 0 Å². The van der Waals surface area contributed by atoms with E-state index >= 15 is 0 Å². The van der Waals surface area contributed by atoms with E-state index in [9.17, 15) is 43.4 Å². The van der Waals surface area contributed by atoms with Crippen LogP contribution in [0.2, 0.25) is 0 Å². The molecule has 36 heavy (non-hydrogen) atoms. The lowest BCUT2D eigenvalue weighted by Crippen LogP contribution is -2.33. The molecule has 3 heterocycles. The number of imidazole rings is 1. The van der Waals surface area contributed by atoms with Crippen LogP contribution in [0.25, 0.3) is 11.2 Å². The third-order valence-corrected chi connectivity index (χ3v) is 11.0. The van der Waals surface area contributed by atoms with Crippen LogP contribution in [0.1, 0.15) is 26.0 Å². The first-order chi connectivity index (χ1) is 16.6. The van der Waals surface area contributed by atoms with Gasteiger partial charge in [-0.3, -0.25) is 28.0 Å². The van der Waals surface area contributed by atoms with Gasteiger partial charge in [0.1, 0.15) is 24.2 Å². The number of nitrogens with one attached hydrogen (secondary N) is 2. The van der Waals surface area contributed by atoms with Gasteiger partial charge in [-0.15, -0.1) is 0 Å². The van der Waals surface area contributed by atoms with Crippen LogP contribution in [0.5, 0.6) is 0 Å². The number of rotatable bonds is 12. The highest BCUT2D eigenvalue weighted by molar-refractivity contribution is 7.75. The molecule has 3 rings (SSSR count). The van der Waals surface area contributed by atoms with E-state index in [1.165, 1.54) is 0 Å². The summed E-state index contributed by atoms with van der Waals surface area (Å²) in [5.74, 6) is -1.61. The van der Waals surface area contributed by atoms with Crippen molar-refractivity contribution in [2.45, 2.75) is 44.3 Å². The first kappa shape index (κ1) is 29.0. The number of aromatic nitrogens is 4. The maximum atomic E-state index is 12.2. The van der Waals surface area contributed by atoms with Crippen molar-refractivity contribution < 1.29 is 52.2 Å². The van der Waals surface area contributed by atoms with Crippen LogP contribution in [0.15, 0.2) is 11.1 Å². The summed E-state index contributed by atoms with van der Waals surface area (Å²) in [7, 11) is -14.8. The molecule has 0 saturated carbocycles. The van der Waals surface area contributed by atoms with Gasteiger partial charge in [0.25, 0.3) is 13.1 Å². The molecule has 1 saturated heterocycles. The van der Waals surface area contributed by atoms with Gasteiger partial charge in [-0.05, 0) is 6.42 Å². The van der Waals surface area contributed by atoms with E-state index in [0.29, 0.717) is 12.8 Å². The van der Waals surface area contributed by atoms with Gasteiger partial charge < -0.3 is 35.4 Å². The summed E-state index contributed by atoms with van der Waals surface area (Å²) in [4.78, 5) is 51.4. The number of aliphatic hydroxyl groups excluding tert-OH is 2. The second-order valence-corrected chi connectivity index (χ2v) is 13.9. The lowest BCUT2D eigenvalue weighted by atomic mass is 10.1. The highest BCUT2D eigenvalue weighted by Crippen LogP contribution is 2.65. The van der Waals surface area contributed by atoms with Crippen molar-refractivity contribution in [2.75, 3.05) is 24.8 Å². The molecule has 1 fully saturated rings. The summed E-state index contributed by atoms with van der Waals surface area (Å²) in [5.41, 5.74) is 4.65. The molecule has 0 amide bonds. The molecule has 21 heteroatoms. The van der Waals surface area contributed by atoms with Gasteiger partial charge in [0.05, 0.1) is 12.9 Å². The number of H-pyrrole nitrogens is 1. The average Bonchev–Trinajstić information content (AvgIpc) is 3.26. The molecule has 204 valence electrons. The molecule has 9 N–H and O–H groups in total. The van der Waals surface area contributed by atoms with E-state index in [0.717, 1.165) is 10.9 Å². The molecule has 0 aromatic carbocycles. The zero-order valence-electron chi connectivity index (χ0n) is 18.8. The van der Waals surface area contributed by atoms with Crippen molar-refractivity contribution in [3.8, 4) is 0 Å². The minimum Gasteiger partial charge on any atom is -0.387 e. The predicted molar refractivity (Wildman–Crippen MR) is 123 cm³/mol. The number of nitrogens with two attached hydrogens (primary N) is 1. The number of aliphatic hydroxyl groups is 2. The summed E-state index contributed by atoms with van der Waals surface area (Å²) >= 11 is 0. The van der Waals surface area contributed by atoms with Gasteiger partial charge in [-0.25, -0.2) is 18.9 Å². The number of fused-ring (bicyclic) bond motifs is 1. The molecule has 18 nitrogen and oxygen atoms in total. The maximum absolute atomic E-state index is 12.2. The number of nitrogen functional groups attached to an aromatic ring is 1. The first-order valence-electron chi connectivity index (χ1n) is 10.5. The minimum atomic E-state index is -5.30. The zero-order chi connectivity index (χ0) is 26.9. The van der Waals surface area contributed by atoms with Crippen LogP contribution in [0.4, 0.5) is 5.95 Å². The Bertz CT molecular complexity index is 1280. The molecule has 0 aliphatic carbocycles. The monoisotopic (exact) mass is 576 g/mol. The number of anilines is 1. The van der Waals surface area contributed by atoms with Crippen LogP contribution in [-0.2, 0) is 27.3 Å². The molecule has 0 spiro atoms. The van der Waals surface area contributed by atoms with Crippen LogP contribution in [0.3, 0.4) is 0 Å². The fraction of sp³-hybridized carbons (Fsp3) is 0.667. The standard InChI is InChI=1S/C15H27N6O12P3/c1-2-3-4-18-34(25,26)7-35(27,28)33-36(29,30)31-5-8-10(22)11(23)14(32-8)21-6-17-9-12(21)19-15(16)20-13(9)24/h6,8,10-11,14,22-23H,2-5,7H2,1H3,(H,27,28)(H,29,30)(H2,18,25,26)(H3,16,19,20,24). The van der Waals surface area contributed by atoms with Gasteiger partial charge in [0, 0.05) is 6.54 Å². The van der Waals surface area contributed by atoms with Gasteiger partial charge in [-0.2, -0.15) is 4.98 Å². The van der Waals surface area contributed by atoms with Crippen LogP contribution >= 0.6 is 22.9 Å². The van der Waals surface area contributed by atoms with Crippen molar-refractivity contribution in [1.82, 2.24) is 24.6 Å². The predicted octanol–water partition coefficient (Wildman–Crippen LogP) is -0.827. The Morgan fingerprint density at radius 1 is 1.25 bits per heavy atom. The van der Waals surface area contributed by atoms with Crippen LogP contribution in [-0.4, -0.2) is 81.8 Å². The molecule has 7 atom stereocenters. The minimum absolute atomic E-state index is 0.0701. The normalized spacial score (nSPS) is 27.5. The number of nitrogens with zero attached hydrogens (tertiary/aromatic N) is 3. The molecule has 1 aliphatic heterocycles. The van der Waals surface area contributed by atoms with Crippen molar-refractivity contribution in [2.24, 2.45) is 0 Å². The molecule has 2 aromatic heterocycles. The van der Waals surface area contributed by atoms with Gasteiger partial charge in [0.15, 0.2) is 17.4 Å². The van der Waals surface area contributed by atoms with Gasteiger partial charge in [-0.1, -0.05) is 13.3 Å². The Labute approximate surface area is 203 Å². The van der Waals surface area contributed by atoms with Gasteiger partial charge >= 0.3 is 15.4 Å². The Morgan fingerprint density at radius 3 is 2.61 bits per heavy atom. The number of hydrogen-bond acceptors (Lipinski definition) is 12. The highest BCUT2D eigenvalue weighted by atomic mass is 31.3. The van der Waals surface area contributed by atoms with Gasteiger partial charge in [0.2, 0.25) is 5.95 Å². The summed E-state index contributed by atoms with van der Waals surface area (Å²) in [6.07, 6.45) is -3.87. The van der Waals surface area contributed by atoms with Crippen molar-refractivity contribution in [3.05, 3.63) is 16.7 Å². The lowest BCUT2D eigenvalue weighted by molar-refractivity contribution is -0.0501. The fourth-order valence-corrected chi connectivity index (χ4v) is 8.66. The first-order valence-corrected chi connectivity index (χ1v) is 15.6. The average molecular weight is 576 g/mol. The van der Waals surface area contributed by atoms with Crippen molar-refractivity contribution in [1.29, 1.82) is 0 Å². The van der Waals surface area contributed by atoms with E-state index in [4.69, 9.17) is 10.5 Å². The molecule has 0 bridgehead atoms. The third-order valence-electron chi connectivity index (χ3n) is 4.95. The van der Waals surface area contributed by atoms with E-state index < -0.39 is 65.5 Å². The largest absolute Gasteiger partial charge is 0.479 e. The molecular formula is C15H27N6O12P3. The number of phosphoric ester groups is 1. The van der Waals surface area contributed by atoms with Crippen LogP contribution < -0.4 is 16.4 Å². The highest BCUT2D eigenvalue weighted by Gasteiger charge is 2.46. The van der Waals surface area contributed by atoms with E-state index in [2.05, 4.69) is 28.9 Å². The topological polar surface area (TPSA) is 282 Å². The molecular weight excluding hydrogens is 549 g/mol.